The first-order valence-corrected chi connectivity index (χ1v) is 9.41. The number of phenolic OH excluding ortho intramolecular Hbond substituents is 2. The highest BCUT2D eigenvalue weighted by molar-refractivity contribution is 7.89. The van der Waals surface area contributed by atoms with Crippen molar-refractivity contribution in [2.75, 3.05) is 0 Å². The van der Waals surface area contributed by atoms with Crippen LogP contribution in [0.15, 0.2) is 52.5 Å². The molecule has 2 aromatic rings. The number of hydrazone groups is 1. The molecule has 25 heavy (non-hydrogen) atoms. The molecule has 0 saturated carbocycles. The first kappa shape index (κ1) is 18.8. The molecule has 0 unspecified atom stereocenters. The van der Waals surface area contributed by atoms with Crippen LogP contribution < -0.4 is 4.83 Å². The molecule has 7 heteroatoms. The van der Waals surface area contributed by atoms with E-state index in [4.69, 9.17) is 0 Å². The minimum atomic E-state index is -3.82. The summed E-state index contributed by atoms with van der Waals surface area (Å²) in [4.78, 5) is 2.26. The molecule has 0 saturated heterocycles. The lowest BCUT2D eigenvalue weighted by molar-refractivity contribution is 0.459. The maximum Gasteiger partial charge on any atom is 0.276 e. The van der Waals surface area contributed by atoms with Crippen molar-refractivity contribution in [1.82, 2.24) is 4.83 Å². The molecule has 0 radical (unpaired) electrons. The largest absolute Gasteiger partial charge is 0.508 e. The van der Waals surface area contributed by atoms with Gasteiger partial charge in [-0.05, 0) is 55.2 Å². The number of aromatic hydroxyl groups is 2. The zero-order valence-electron chi connectivity index (χ0n) is 14.4. The average Bonchev–Trinajstić information content (AvgIpc) is 2.61. The minimum Gasteiger partial charge on any atom is -0.508 e. The molecule has 0 bridgehead atoms. The van der Waals surface area contributed by atoms with E-state index in [9.17, 15) is 18.6 Å². The van der Waals surface area contributed by atoms with E-state index in [-0.39, 0.29) is 27.7 Å². The van der Waals surface area contributed by atoms with Gasteiger partial charge in [-0.1, -0.05) is 26.0 Å². The van der Waals surface area contributed by atoms with E-state index in [1.807, 2.05) is 0 Å². The summed E-state index contributed by atoms with van der Waals surface area (Å²) in [6.45, 7) is 5.69. The summed E-state index contributed by atoms with van der Waals surface area (Å²) >= 11 is 0. The Morgan fingerprint density at radius 2 is 1.80 bits per heavy atom. The van der Waals surface area contributed by atoms with Gasteiger partial charge < -0.3 is 10.2 Å². The Morgan fingerprint density at radius 3 is 2.40 bits per heavy atom. The molecule has 3 N–H and O–H groups in total. The fraction of sp³-hybridized carbons (Fsp3) is 0.278. The normalized spacial score (nSPS) is 13.5. The monoisotopic (exact) mass is 362 g/mol. The third-order valence-electron chi connectivity index (χ3n) is 4.08. The van der Waals surface area contributed by atoms with E-state index < -0.39 is 10.0 Å². The van der Waals surface area contributed by atoms with E-state index in [2.05, 4.69) is 23.8 Å². The number of sulfonamides is 1. The van der Waals surface area contributed by atoms with E-state index >= 15 is 0 Å². The van der Waals surface area contributed by atoms with Crippen molar-refractivity contribution in [3.8, 4) is 11.5 Å². The van der Waals surface area contributed by atoms with Crippen LogP contribution in [0.3, 0.4) is 0 Å². The maximum atomic E-state index is 12.3. The predicted octanol–water partition coefficient (Wildman–Crippen LogP) is 3.31. The summed E-state index contributed by atoms with van der Waals surface area (Å²) in [6.07, 6.45) is 0.973. The van der Waals surface area contributed by atoms with Gasteiger partial charge in [0.2, 0.25) is 0 Å². The van der Waals surface area contributed by atoms with Gasteiger partial charge in [0.15, 0.2) is 0 Å². The molecule has 0 aliphatic rings. The van der Waals surface area contributed by atoms with Crippen LogP contribution in [0.5, 0.6) is 11.5 Å². The van der Waals surface area contributed by atoms with Gasteiger partial charge in [0, 0.05) is 5.56 Å². The topological polar surface area (TPSA) is 99.0 Å². The zero-order chi connectivity index (χ0) is 18.6. The number of nitrogens with zero attached hydrogens (tertiary/aromatic N) is 1. The van der Waals surface area contributed by atoms with Crippen LogP contribution in [0.1, 0.15) is 44.2 Å². The first-order chi connectivity index (χ1) is 11.7. The van der Waals surface area contributed by atoms with Gasteiger partial charge in [0.05, 0.1) is 10.6 Å². The molecule has 2 aromatic carbocycles. The number of rotatable bonds is 6. The van der Waals surface area contributed by atoms with E-state index in [1.165, 1.54) is 25.1 Å². The number of benzene rings is 2. The van der Waals surface area contributed by atoms with Gasteiger partial charge in [-0.3, -0.25) is 0 Å². The molecular formula is C18H22N2O4S. The summed E-state index contributed by atoms with van der Waals surface area (Å²) in [6, 6.07) is 10.6. The van der Waals surface area contributed by atoms with Gasteiger partial charge in [0.1, 0.15) is 11.5 Å². The van der Waals surface area contributed by atoms with Gasteiger partial charge in [-0.2, -0.15) is 18.4 Å². The molecule has 134 valence electrons. The smallest absolute Gasteiger partial charge is 0.276 e. The van der Waals surface area contributed by atoms with Crippen molar-refractivity contribution in [1.29, 1.82) is 0 Å². The lowest BCUT2D eigenvalue weighted by atomic mass is 9.99. The number of nitrogens with one attached hydrogen (secondary N) is 1. The lowest BCUT2D eigenvalue weighted by Gasteiger charge is -2.10. The van der Waals surface area contributed by atoms with Crippen molar-refractivity contribution in [3.63, 3.8) is 0 Å². The Kier molecular flexibility index (Phi) is 5.69. The number of phenols is 2. The van der Waals surface area contributed by atoms with Crippen LogP contribution in [0, 0.1) is 0 Å². The van der Waals surface area contributed by atoms with Crippen LogP contribution in [0.2, 0.25) is 0 Å². The summed E-state index contributed by atoms with van der Waals surface area (Å²) in [5.41, 5.74) is 1.55. The minimum absolute atomic E-state index is 0.0501. The van der Waals surface area contributed by atoms with Crippen molar-refractivity contribution in [2.45, 2.75) is 38.0 Å². The Labute approximate surface area is 147 Å². The van der Waals surface area contributed by atoms with Gasteiger partial charge in [0.25, 0.3) is 10.0 Å². The molecule has 0 aliphatic carbocycles. The van der Waals surface area contributed by atoms with Gasteiger partial charge in [-0.25, -0.2) is 0 Å². The number of hydrogen-bond donors (Lipinski definition) is 3. The molecular weight excluding hydrogens is 340 g/mol. The van der Waals surface area contributed by atoms with E-state index in [0.717, 1.165) is 12.0 Å². The predicted molar refractivity (Wildman–Crippen MR) is 97.5 cm³/mol. The summed E-state index contributed by atoms with van der Waals surface area (Å²) < 4.78 is 24.7. The van der Waals surface area contributed by atoms with E-state index in [1.54, 1.807) is 24.3 Å². The third kappa shape index (κ3) is 4.51. The Hall–Kier alpha value is -2.54. The molecule has 0 amide bonds. The second kappa shape index (κ2) is 7.57. The SMILES string of the molecule is CC[C@H](C)c1ccc(S(=O)(=O)N/N=C(/C)c2cc(O)ccc2O)cc1. The van der Waals surface area contributed by atoms with Crippen molar-refractivity contribution >= 4 is 15.7 Å². The van der Waals surface area contributed by atoms with Crippen LogP contribution in [-0.2, 0) is 10.0 Å². The number of hydrogen-bond acceptors (Lipinski definition) is 5. The Morgan fingerprint density at radius 1 is 1.16 bits per heavy atom. The molecule has 0 spiro atoms. The van der Waals surface area contributed by atoms with Crippen molar-refractivity contribution in [2.24, 2.45) is 5.10 Å². The van der Waals surface area contributed by atoms with Crippen LogP contribution >= 0.6 is 0 Å². The quantitative estimate of drug-likeness (QED) is 0.417. The fourth-order valence-electron chi connectivity index (χ4n) is 2.27. The van der Waals surface area contributed by atoms with Crippen LogP contribution in [0.4, 0.5) is 0 Å². The Bertz CT molecular complexity index is 874. The van der Waals surface area contributed by atoms with Crippen molar-refractivity contribution < 1.29 is 18.6 Å². The Balaban J connectivity index is 2.22. The molecule has 0 heterocycles. The molecule has 0 aromatic heterocycles. The highest BCUT2D eigenvalue weighted by atomic mass is 32.2. The molecule has 0 fully saturated rings. The maximum absolute atomic E-state index is 12.3. The van der Waals surface area contributed by atoms with Crippen molar-refractivity contribution in [3.05, 3.63) is 53.6 Å². The highest BCUT2D eigenvalue weighted by Crippen LogP contribution is 2.23. The molecule has 0 aliphatic heterocycles. The van der Waals surface area contributed by atoms with Crippen LogP contribution in [0.25, 0.3) is 0 Å². The average molecular weight is 362 g/mol. The second-order valence-corrected chi connectivity index (χ2v) is 7.53. The van der Waals surface area contributed by atoms with Gasteiger partial charge in [-0.15, -0.1) is 0 Å². The molecule has 6 nitrogen and oxygen atoms in total. The lowest BCUT2D eigenvalue weighted by Crippen LogP contribution is -2.20. The summed E-state index contributed by atoms with van der Waals surface area (Å²) in [5, 5.41) is 23.1. The van der Waals surface area contributed by atoms with Gasteiger partial charge >= 0.3 is 0 Å². The fourth-order valence-corrected chi connectivity index (χ4v) is 3.12. The molecule has 1 atom stereocenters. The third-order valence-corrected chi connectivity index (χ3v) is 5.30. The first-order valence-electron chi connectivity index (χ1n) is 7.93. The standard InChI is InChI=1S/C18H22N2O4S/c1-4-12(2)14-5-8-16(9-6-14)25(23,24)20-19-13(3)17-11-15(21)7-10-18(17)22/h5-12,20-22H,4H2,1-3H3/b19-13-/t12-/m0/s1. The zero-order valence-corrected chi connectivity index (χ0v) is 15.2. The second-order valence-electron chi connectivity index (χ2n) is 5.87. The van der Waals surface area contributed by atoms with E-state index in [0.29, 0.717) is 5.92 Å². The molecule has 2 rings (SSSR count). The summed E-state index contributed by atoms with van der Waals surface area (Å²) in [7, 11) is -3.82. The highest BCUT2D eigenvalue weighted by Gasteiger charge is 2.14. The summed E-state index contributed by atoms with van der Waals surface area (Å²) in [5.74, 6) is 0.209. The van der Waals surface area contributed by atoms with Crippen LogP contribution in [-0.4, -0.2) is 24.3 Å².